The topological polar surface area (TPSA) is 109 Å². The number of pyridine rings is 1. The molecule has 39 heavy (non-hydrogen) atoms. The van der Waals surface area contributed by atoms with Crippen LogP contribution in [0.25, 0.3) is 33.3 Å². The number of halogens is 1. The Morgan fingerprint density at radius 1 is 1.05 bits per heavy atom. The van der Waals surface area contributed by atoms with E-state index in [1.165, 1.54) is 13.0 Å². The van der Waals surface area contributed by atoms with E-state index in [0.29, 0.717) is 52.7 Å². The van der Waals surface area contributed by atoms with E-state index in [4.69, 9.17) is 4.98 Å². The summed E-state index contributed by atoms with van der Waals surface area (Å²) in [5, 5.41) is 7.25. The lowest BCUT2D eigenvalue weighted by molar-refractivity contribution is -0.119. The predicted molar refractivity (Wildman–Crippen MR) is 151 cm³/mol. The number of aromatic amines is 2. The molecular weight excluding hydrogens is 497 g/mol. The highest BCUT2D eigenvalue weighted by Gasteiger charge is 2.35. The molecule has 202 valence electrons. The molecule has 4 N–H and O–H groups in total. The molecule has 0 unspecified atom stereocenters. The molecule has 2 aromatic carbocycles. The van der Waals surface area contributed by atoms with Gasteiger partial charge in [0.25, 0.3) is 5.56 Å². The minimum Gasteiger partial charge on any atom is -0.379 e. The Labute approximate surface area is 224 Å². The van der Waals surface area contributed by atoms with Crippen LogP contribution in [-0.2, 0) is 4.79 Å². The molecule has 9 nitrogen and oxygen atoms in total. The first-order valence-electron chi connectivity index (χ1n) is 13.8. The molecule has 10 heteroatoms. The number of hydrogen-bond acceptors (Lipinski definition) is 6. The number of carbonyl (C=O) groups excluding carboxylic acids is 1. The third-order valence-corrected chi connectivity index (χ3v) is 8.63. The monoisotopic (exact) mass is 529 g/mol. The molecule has 2 atom stereocenters. The van der Waals surface area contributed by atoms with Crippen LogP contribution in [0, 0.1) is 11.7 Å². The SMILES string of the molecule is CC(=O)N[C@@H]1CCN(c2cc3[nH]c(=O)c(-c4nc5ccccc5[nH]4)c(N[C@@H]4CN5CCC4CC5)c3cc2F)C1. The van der Waals surface area contributed by atoms with Crippen LogP contribution >= 0.6 is 0 Å². The van der Waals surface area contributed by atoms with Crippen LogP contribution in [0.3, 0.4) is 0 Å². The van der Waals surface area contributed by atoms with Crippen LogP contribution in [0.4, 0.5) is 15.8 Å². The fourth-order valence-electron chi connectivity index (χ4n) is 6.69. The lowest BCUT2D eigenvalue weighted by atomic mass is 9.83. The van der Waals surface area contributed by atoms with Gasteiger partial charge in [-0.15, -0.1) is 0 Å². The van der Waals surface area contributed by atoms with Gasteiger partial charge in [-0.2, -0.15) is 0 Å². The van der Waals surface area contributed by atoms with Crippen LogP contribution < -0.4 is 21.1 Å². The summed E-state index contributed by atoms with van der Waals surface area (Å²) in [6.45, 7) is 5.74. The minimum absolute atomic E-state index is 0.0268. The van der Waals surface area contributed by atoms with Crippen molar-refractivity contribution in [2.45, 2.75) is 38.3 Å². The fourth-order valence-corrected chi connectivity index (χ4v) is 6.69. The number of imidazole rings is 1. The molecule has 4 saturated heterocycles. The Hall–Kier alpha value is -3.92. The van der Waals surface area contributed by atoms with E-state index in [1.54, 1.807) is 6.07 Å². The Morgan fingerprint density at radius 3 is 2.62 bits per heavy atom. The Bertz CT molecular complexity index is 1610. The molecule has 4 aliphatic heterocycles. The van der Waals surface area contributed by atoms with Gasteiger partial charge in [-0.3, -0.25) is 9.59 Å². The number of H-pyrrole nitrogens is 2. The molecular formula is C29H32FN7O2. The maximum atomic E-state index is 15.8. The lowest BCUT2D eigenvalue weighted by Crippen LogP contribution is -2.53. The van der Waals surface area contributed by atoms with E-state index in [0.717, 1.165) is 49.9 Å². The Kier molecular flexibility index (Phi) is 5.80. The van der Waals surface area contributed by atoms with Crippen molar-refractivity contribution >= 4 is 39.2 Å². The van der Waals surface area contributed by atoms with Crippen molar-refractivity contribution in [3.63, 3.8) is 0 Å². The van der Waals surface area contributed by atoms with Crippen LogP contribution in [0.5, 0.6) is 0 Å². The number of piperidine rings is 3. The number of nitrogens with zero attached hydrogens (tertiary/aromatic N) is 3. The summed E-state index contributed by atoms with van der Waals surface area (Å²) >= 11 is 0. The number of aromatic nitrogens is 3. The molecule has 0 radical (unpaired) electrons. The van der Waals surface area contributed by atoms with Crippen molar-refractivity contribution in [1.82, 2.24) is 25.2 Å². The standard InChI is InChI=1S/C29H32FN7O2/c1-16(38)31-18-8-11-37(14-18)25-13-23-19(12-20(25)30)27(32-24-15-36-9-6-17(24)7-10-36)26(29(39)35-23)28-33-21-4-2-3-5-22(21)34-28/h2-5,12-13,17-18,24H,6-11,14-15H2,1H3,(H,31,38)(H,33,34)(H2,32,35,39)/t18-,24-/m1/s1. The second-order valence-electron chi connectivity index (χ2n) is 11.2. The molecule has 0 saturated carbocycles. The lowest BCUT2D eigenvalue weighted by Gasteiger charge is -2.45. The quantitative estimate of drug-likeness (QED) is 0.316. The molecule has 6 heterocycles. The highest BCUT2D eigenvalue weighted by atomic mass is 19.1. The minimum atomic E-state index is -0.356. The smallest absolute Gasteiger partial charge is 0.261 e. The molecule has 2 aromatic heterocycles. The predicted octanol–water partition coefficient (Wildman–Crippen LogP) is 3.43. The van der Waals surface area contributed by atoms with Gasteiger partial charge in [0.1, 0.15) is 17.2 Å². The normalized spacial score (nSPS) is 24.5. The summed E-state index contributed by atoms with van der Waals surface area (Å²) in [5.74, 6) is 0.523. The second-order valence-corrected chi connectivity index (χ2v) is 11.2. The van der Waals surface area contributed by atoms with E-state index in [2.05, 4.69) is 25.5 Å². The third kappa shape index (κ3) is 4.32. The highest BCUT2D eigenvalue weighted by Crippen LogP contribution is 2.38. The number of amides is 1. The van der Waals surface area contributed by atoms with E-state index in [-0.39, 0.29) is 29.4 Å². The molecule has 4 aliphatic rings. The Morgan fingerprint density at radius 2 is 1.87 bits per heavy atom. The zero-order chi connectivity index (χ0) is 26.7. The van der Waals surface area contributed by atoms with E-state index in [1.807, 2.05) is 29.2 Å². The third-order valence-electron chi connectivity index (χ3n) is 8.63. The summed E-state index contributed by atoms with van der Waals surface area (Å²) in [6.07, 6.45) is 2.97. The first-order chi connectivity index (χ1) is 18.9. The number of fused-ring (bicyclic) bond motifs is 5. The number of para-hydroxylation sites is 2. The number of benzene rings is 2. The zero-order valence-electron chi connectivity index (χ0n) is 21.9. The average molecular weight is 530 g/mol. The fraction of sp³-hybridized carbons (Fsp3) is 0.414. The maximum absolute atomic E-state index is 15.8. The average Bonchev–Trinajstić information content (AvgIpc) is 3.56. The van der Waals surface area contributed by atoms with E-state index in [9.17, 15) is 9.59 Å². The van der Waals surface area contributed by atoms with Gasteiger partial charge in [0.05, 0.1) is 27.9 Å². The van der Waals surface area contributed by atoms with Crippen LogP contribution in [-0.4, -0.2) is 70.6 Å². The number of rotatable bonds is 5. The number of carbonyl (C=O) groups is 1. The summed E-state index contributed by atoms with van der Waals surface area (Å²) < 4.78 is 15.8. The molecule has 2 bridgehead atoms. The van der Waals surface area contributed by atoms with Crippen LogP contribution in [0.2, 0.25) is 0 Å². The van der Waals surface area contributed by atoms with Crippen molar-refractivity contribution in [2.24, 2.45) is 5.92 Å². The van der Waals surface area contributed by atoms with Gasteiger partial charge in [0, 0.05) is 44.0 Å². The second kappa shape index (κ2) is 9.37. The van der Waals surface area contributed by atoms with Crippen molar-refractivity contribution in [1.29, 1.82) is 0 Å². The number of nitrogens with one attached hydrogen (secondary N) is 4. The van der Waals surface area contributed by atoms with Gasteiger partial charge in [0.2, 0.25) is 5.91 Å². The summed E-state index contributed by atoms with van der Waals surface area (Å²) in [5.41, 5.74) is 3.35. The van der Waals surface area contributed by atoms with Crippen molar-refractivity contribution in [3.8, 4) is 11.4 Å². The van der Waals surface area contributed by atoms with Gasteiger partial charge < -0.3 is 30.4 Å². The van der Waals surface area contributed by atoms with E-state index >= 15 is 4.39 Å². The Balaban J connectivity index is 1.35. The van der Waals surface area contributed by atoms with Gasteiger partial charge in [-0.05, 0) is 62.5 Å². The first-order valence-corrected chi connectivity index (χ1v) is 13.8. The van der Waals surface area contributed by atoms with Gasteiger partial charge >= 0.3 is 0 Å². The van der Waals surface area contributed by atoms with E-state index < -0.39 is 0 Å². The maximum Gasteiger partial charge on any atom is 0.261 e. The van der Waals surface area contributed by atoms with Gasteiger partial charge in [0.15, 0.2) is 0 Å². The van der Waals surface area contributed by atoms with Gasteiger partial charge in [-0.25, -0.2) is 9.37 Å². The molecule has 0 spiro atoms. The molecule has 8 rings (SSSR count). The van der Waals surface area contributed by atoms with Gasteiger partial charge in [-0.1, -0.05) is 12.1 Å². The first kappa shape index (κ1) is 24.1. The molecule has 4 aromatic rings. The largest absolute Gasteiger partial charge is 0.379 e. The number of anilines is 2. The molecule has 4 fully saturated rings. The van der Waals surface area contributed by atoms with Crippen molar-refractivity contribution in [3.05, 3.63) is 52.6 Å². The van der Waals surface area contributed by atoms with Crippen LogP contribution in [0.15, 0.2) is 41.2 Å². The highest BCUT2D eigenvalue weighted by molar-refractivity contribution is 6.00. The van der Waals surface area contributed by atoms with Crippen LogP contribution in [0.1, 0.15) is 26.2 Å². The summed E-state index contributed by atoms with van der Waals surface area (Å²) in [7, 11) is 0. The molecule has 0 aliphatic carbocycles. The van der Waals surface area contributed by atoms with Crippen molar-refractivity contribution < 1.29 is 9.18 Å². The zero-order valence-corrected chi connectivity index (χ0v) is 21.9. The summed E-state index contributed by atoms with van der Waals surface area (Å²) in [4.78, 5) is 40.6. The number of hydrogen-bond donors (Lipinski definition) is 4. The molecule has 1 amide bonds. The van der Waals surface area contributed by atoms with Crippen molar-refractivity contribution in [2.75, 3.05) is 42.9 Å². The summed E-state index contributed by atoms with van der Waals surface area (Å²) in [6, 6.07) is 11.1.